The lowest BCUT2D eigenvalue weighted by atomic mass is 10.2. The lowest BCUT2D eigenvalue weighted by Gasteiger charge is -2.05. The van der Waals surface area contributed by atoms with Crippen LogP contribution in [0.5, 0.6) is 5.75 Å². The van der Waals surface area contributed by atoms with Crippen molar-refractivity contribution in [2.75, 3.05) is 12.4 Å². The highest BCUT2D eigenvalue weighted by Crippen LogP contribution is 2.28. The van der Waals surface area contributed by atoms with E-state index in [9.17, 15) is 14.9 Å². The first-order valence-corrected chi connectivity index (χ1v) is 7.97. The number of thiazole rings is 1. The molecule has 8 nitrogen and oxygen atoms in total. The number of carbonyl (C=O) groups excluding carboxylic acids is 1. The molecule has 1 amide bonds. The number of pyridine rings is 1. The lowest BCUT2D eigenvalue weighted by Crippen LogP contribution is -2.12. The standard InChI is InChI=1S/C16H12N4O4S/c1-24-14-6-5-10(8-13(14)20(22)23)15(21)19-16-18-12(9-25-16)11-4-2-3-7-17-11/h2-9H,1H3,(H,18,19,21). The first-order chi connectivity index (χ1) is 12.1. The highest BCUT2D eigenvalue weighted by atomic mass is 32.1. The van der Waals surface area contributed by atoms with Crippen LogP contribution in [-0.2, 0) is 0 Å². The van der Waals surface area contributed by atoms with Crippen molar-refractivity contribution < 1.29 is 14.5 Å². The van der Waals surface area contributed by atoms with E-state index in [0.717, 1.165) is 0 Å². The van der Waals surface area contributed by atoms with Gasteiger partial charge in [-0.2, -0.15) is 0 Å². The number of nitro groups is 1. The first-order valence-electron chi connectivity index (χ1n) is 7.09. The van der Waals surface area contributed by atoms with Crippen molar-refractivity contribution in [2.24, 2.45) is 0 Å². The van der Waals surface area contributed by atoms with Gasteiger partial charge in [0.25, 0.3) is 5.91 Å². The third kappa shape index (κ3) is 3.61. The third-order valence-electron chi connectivity index (χ3n) is 3.29. The Balaban J connectivity index is 1.80. The number of hydrogen-bond acceptors (Lipinski definition) is 7. The molecular formula is C16H12N4O4S. The van der Waals surface area contributed by atoms with Crippen molar-refractivity contribution in [1.29, 1.82) is 0 Å². The van der Waals surface area contributed by atoms with E-state index < -0.39 is 10.8 Å². The SMILES string of the molecule is COc1ccc(C(=O)Nc2nc(-c3ccccn3)cs2)cc1[N+](=O)[O-]. The van der Waals surface area contributed by atoms with Crippen molar-refractivity contribution in [2.45, 2.75) is 0 Å². The molecule has 0 spiro atoms. The Morgan fingerprint density at radius 2 is 2.12 bits per heavy atom. The van der Waals surface area contributed by atoms with Crippen LogP contribution in [0, 0.1) is 10.1 Å². The number of nitrogens with zero attached hydrogens (tertiary/aromatic N) is 3. The minimum absolute atomic E-state index is 0.0910. The van der Waals surface area contributed by atoms with Crippen LogP contribution in [0.4, 0.5) is 10.8 Å². The monoisotopic (exact) mass is 356 g/mol. The number of carbonyl (C=O) groups is 1. The van der Waals surface area contributed by atoms with Gasteiger partial charge in [-0.3, -0.25) is 25.2 Å². The zero-order valence-electron chi connectivity index (χ0n) is 13.0. The number of anilines is 1. The maximum absolute atomic E-state index is 12.3. The molecule has 2 heterocycles. The summed E-state index contributed by atoms with van der Waals surface area (Å²) in [6, 6.07) is 9.46. The van der Waals surface area contributed by atoms with Gasteiger partial charge in [0.1, 0.15) is 5.69 Å². The molecule has 25 heavy (non-hydrogen) atoms. The normalized spacial score (nSPS) is 10.3. The zero-order valence-corrected chi connectivity index (χ0v) is 13.8. The predicted octanol–water partition coefficient (Wildman–Crippen LogP) is 3.37. The van der Waals surface area contributed by atoms with Crippen LogP contribution < -0.4 is 10.1 Å². The molecule has 0 aliphatic rings. The minimum atomic E-state index is -0.599. The van der Waals surface area contributed by atoms with Crippen LogP contribution in [0.2, 0.25) is 0 Å². The Morgan fingerprint density at radius 3 is 2.80 bits per heavy atom. The average molecular weight is 356 g/mol. The molecule has 0 unspecified atom stereocenters. The van der Waals surface area contributed by atoms with E-state index in [4.69, 9.17) is 4.74 Å². The first kappa shape index (κ1) is 16.5. The summed E-state index contributed by atoms with van der Waals surface area (Å²) in [4.78, 5) is 31.3. The molecule has 0 saturated heterocycles. The molecule has 0 saturated carbocycles. The van der Waals surface area contributed by atoms with Crippen molar-refractivity contribution in [1.82, 2.24) is 9.97 Å². The molecule has 3 aromatic rings. The molecule has 0 aliphatic carbocycles. The Hall–Kier alpha value is -3.33. The predicted molar refractivity (Wildman–Crippen MR) is 92.9 cm³/mol. The van der Waals surface area contributed by atoms with Crippen LogP contribution in [-0.4, -0.2) is 27.9 Å². The molecule has 0 radical (unpaired) electrons. The zero-order chi connectivity index (χ0) is 17.8. The number of nitro benzene ring substituents is 1. The number of methoxy groups -OCH3 is 1. The lowest BCUT2D eigenvalue weighted by molar-refractivity contribution is -0.385. The van der Waals surface area contributed by atoms with Crippen molar-refractivity contribution in [3.8, 4) is 17.1 Å². The summed E-state index contributed by atoms with van der Waals surface area (Å²) in [5.74, 6) is -0.402. The minimum Gasteiger partial charge on any atom is -0.490 e. The quantitative estimate of drug-likeness (QED) is 0.555. The van der Waals surface area contributed by atoms with Gasteiger partial charge in [0.05, 0.1) is 17.7 Å². The average Bonchev–Trinajstić information content (AvgIpc) is 3.10. The van der Waals surface area contributed by atoms with Gasteiger partial charge >= 0.3 is 5.69 Å². The highest BCUT2D eigenvalue weighted by Gasteiger charge is 2.19. The summed E-state index contributed by atoms with van der Waals surface area (Å²) in [6.07, 6.45) is 1.66. The van der Waals surface area contributed by atoms with Gasteiger partial charge < -0.3 is 4.74 Å². The van der Waals surface area contributed by atoms with E-state index in [1.165, 1.54) is 36.6 Å². The van der Waals surface area contributed by atoms with Gasteiger partial charge in [-0.1, -0.05) is 6.07 Å². The Bertz CT molecular complexity index is 927. The smallest absolute Gasteiger partial charge is 0.311 e. The van der Waals surface area contributed by atoms with E-state index in [2.05, 4.69) is 15.3 Å². The van der Waals surface area contributed by atoms with Crippen LogP contribution in [0.15, 0.2) is 48.0 Å². The summed E-state index contributed by atoms with van der Waals surface area (Å²) in [7, 11) is 1.33. The molecule has 1 aromatic carbocycles. The maximum Gasteiger partial charge on any atom is 0.311 e. The molecule has 0 aliphatic heterocycles. The number of amides is 1. The van der Waals surface area contributed by atoms with Crippen LogP contribution >= 0.6 is 11.3 Å². The van der Waals surface area contributed by atoms with E-state index in [-0.39, 0.29) is 17.0 Å². The van der Waals surface area contributed by atoms with Gasteiger partial charge in [-0.25, -0.2) is 4.98 Å². The molecule has 9 heteroatoms. The van der Waals surface area contributed by atoms with E-state index >= 15 is 0 Å². The van der Waals surface area contributed by atoms with Crippen molar-refractivity contribution >= 4 is 28.1 Å². The number of hydrogen-bond donors (Lipinski definition) is 1. The summed E-state index contributed by atoms with van der Waals surface area (Å²) in [6.45, 7) is 0. The van der Waals surface area contributed by atoms with Crippen LogP contribution in [0.1, 0.15) is 10.4 Å². The number of aromatic nitrogens is 2. The number of nitrogens with one attached hydrogen (secondary N) is 1. The molecule has 0 fully saturated rings. The highest BCUT2D eigenvalue weighted by molar-refractivity contribution is 7.14. The Kier molecular flexibility index (Phi) is 4.66. The van der Waals surface area contributed by atoms with Gasteiger partial charge in [0, 0.05) is 23.2 Å². The molecule has 0 atom stereocenters. The number of ether oxygens (including phenoxy) is 1. The molecule has 126 valence electrons. The fourth-order valence-corrected chi connectivity index (χ4v) is 2.81. The maximum atomic E-state index is 12.3. The largest absolute Gasteiger partial charge is 0.490 e. The van der Waals surface area contributed by atoms with Crippen LogP contribution in [0.25, 0.3) is 11.4 Å². The van der Waals surface area contributed by atoms with E-state index in [1.54, 1.807) is 17.6 Å². The topological polar surface area (TPSA) is 107 Å². The summed E-state index contributed by atoms with van der Waals surface area (Å²) < 4.78 is 4.92. The molecule has 3 rings (SSSR count). The van der Waals surface area contributed by atoms with Gasteiger partial charge in [-0.15, -0.1) is 11.3 Å². The fourth-order valence-electron chi connectivity index (χ4n) is 2.11. The van der Waals surface area contributed by atoms with E-state index in [0.29, 0.717) is 16.5 Å². The third-order valence-corrected chi connectivity index (χ3v) is 4.05. The Morgan fingerprint density at radius 1 is 1.28 bits per heavy atom. The summed E-state index contributed by atoms with van der Waals surface area (Å²) in [5, 5.41) is 15.8. The number of benzene rings is 1. The molecule has 2 aromatic heterocycles. The molecule has 1 N–H and O–H groups in total. The van der Waals surface area contributed by atoms with Gasteiger partial charge in [0.2, 0.25) is 0 Å². The number of rotatable bonds is 5. The molecular weight excluding hydrogens is 344 g/mol. The summed E-state index contributed by atoms with van der Waals surface area (Å²) >= 11 is 1.24. The van der Waals surface area contributed by atoms with Crippen LogP contribution in [0.3, 0.4) is 0 Å². The second-order valence-corrected chi connectivity index (χ2v) is 5.71. The van der Waals surface area contributed by atoms with Gasteiger partial charge in [0.15, 0.2) is 10.9 Å². The Labute approximate surface area is 146 Å². The second-order valence-electron chi connectivity index (χ2n) is 4.85. The fraction of sp³-hybridized carbons (Fsp3) is 0.0625. The van der Waals surface area contributed by atoms with E-state index in [1.807, 2.05) is 12.1 Å². The van der Waals surface area contributed by atoms with Crippen molar-refractivity contribution in [3.05, 3.63) is 63.7 Å². The summed E-state index contributed by atoms with van der Waals surface area (Å²) in [5.41, 5.74) is 1.20. The second kappa shape index (κ2) is 7.05. The van der Waals surface area contributed by atoms with Gasteiger partial charge in [-0.05, 0) is 24.3 Å². The molecule has 0 bridgehead atoms. The van der Waals surface area contributed by atoms with Crippen molar-refractivity contribution in [3.63, 3.8) is 0 Å².